The van der Waals surface area contributed by atoms with Crippen molar-refractivity contribution in [2.75, 3.05) is 6.61 Å². The molecular weight excluding hydrogens is 200 g/mol. The fourth-order valence-electron chi connectivity index (χ4n) is 2.71. The maximum Gasteiger partial charge on any atom is 0.0692 e. The zero-order chi connectivity index (χ0) is 11.7. The molecule has 1 aliphatic carbocycles. The Bertz CT molecular complexity index is 357. The van der Waals surface area contributed by atoms with Crippen molar-refractivity contribution < 1.29 is 5.11 Å². The number of hydrogen-bond acceptors (Lipinski definition) is 2. The van der Waals surface area contributed by atoms with E-state index in [2.05, 4.69) is 32.1 Å². The fraction of sp³-hybridized carbons (Fsp3) is 0.769. The number of aromatic nitrogens is 2. The van der Waals surface area contributed by atoms with Crippen molar-refractivity contribution >= 4 is 0 Å². The zero-order valence-electron chi connectivity index (χ0n) is 10.5. The number of fused-ring (bicyclic) bond motifs is 1. The van der Waals surface area contributed by atoms with Crippen LogP contribution >= 0.6 is 0 Å². The Morgan fingerprint density at radius 3 is 2.88 bits per heavy atom. The van der Waals surface area contributed by atoms with Crippen LogP contribution < -0.4 is 0 Å². The largest absolute Gasteiger partial charge is 0.394 e. The molecule has 1 aliphatic rings. The summed E-state index contributed by atoms with van der Waals surface area (Å²) in [7, 11) is 0. The predicted octanol–water partition coefficient (Wildman–Crippen LogP) is 2.51. The summed E-state index contributed by atoms with van der Waals surface area (Å²) in [5.41, 5.74) is 2.68. The third-order valence-corrected chi connectivity index (χ3v) is 3.75. The highest BCUT2D eigenvalue weighted by Gasteiger charge is 2.29. The van der Waals surface area contributed by atoms with Gasteiger partial charge in [-0.2, -0.15) is 5.10 Å². The summed E-state index contributed by atoms with van der Waals surface area (Å²) >= 11 is 0. The molecule has 0 spiro atoms. The van der Waals surface area contributed by atoms with Crippen molar-refractivity contribution in [1.29, 1.82) is 0 Å². The molecule has 3 nitrogen and oxygen atoms in total. The molecule has 0 saturated heterocycles. The van der Waals surface area contributed by atoms with Gasteiger partial charge < -0.3 is 5.11 Å². The molecule has 0 saturated carbocycles. The summed E-state index contributed by atoms with van der Waals surface area (Å²) in [6.45, 7) is 7.61. The van der Waals surface area contributed by atoms with E-state index in [4.69, 9.17) is 5.11 Å². The molecule has 2 atom stereocenters. The number of aliphatic hydroxyl groups is 1. The zero-order valence-corrected chi connectivity index (χ0v) is 10.5. The molecule has 0 radical (unpaired) electrons. The van der Waals surface area contributed by atoms with E-state index in [-0.39, 0.29) is 6.61 Å². The molecule has 3 heteroatoms. The van der Waals surface area contributed by atoms with Crippen LogP contribution in [-0.4, -0.2) is 21.5 Å². The van der Waals surface area contributed by atoms with E-state index in [0.717, 1.165) is 0 Å². The van der Waals surface area contributed by atoms with E-state index in [1.807, 2.05) is 4.68 Å². The minimum Gasteiger partial charge on any atom is -0.394 e. The SMILES string of the molecule is CC(C)[C@H]1CC[C@@H](C)c2cn(CCO)nc21. The second kappa shape index (κ2) is 4.58. The molecule has 0 unspecified atom stereocenters. The van der Waals surface area contributed by atoms with Crippen LogP contribution in [0, 0.1) is 5.92 Å². The third-order valence-electron chi connectivity index (χ3n) is 3.75. The minimum absolute atomic E-state index is 0.168. The molecule has 1 aromatic rings. The Morgan fingerprint density at radius 1 is 1.50 bits per heavy atom. The van der Waals surface area contributed by atoms with Gasteiger partial charge in [0.1, 0.15) is 0 Å². The molecule has 2 rings (SSSR count). The maximum absolute atomic E-state index is 8.96. The Labute approximate surface area is 97.5 Å². The third kappa shape index (κ3) is 2.01. The van der Waals surface area contributed by atoms with Crippen LogP contribution in [0.1, 0.15) is 56.7 Å². The summed E-state index contributed by atoms with van der Waals surface area (Å²) in [5, 5.41) is 13.6. The lowest BCUT2D eigenvalue weighted by atomic mass is 9.77. The van der Waals surface area contributed by atoms with Crippen molar-refractivity contribution in [2.24, 2.45) is 5.92 Å². The topological polar surface area (TPSA) is 38.0 Å². The monoisotopic (exact) mass is 222 g/mol. The highest BCUT2D eigenvalue weighted by molar-refractivity contribution is 5.28. The molecule has 0 aromatic carbocycles. The van der Waals surface area contributed by atoms with E-state index >= 15 is 0 Å². The molecule has 1 aromatic heterocycles. The molecule has 1 N–H and O–H groups in total. The van der Waals surface area contributed by atoms with Crippen LogP contribution in [0.15, 0.2) is 6.20 Å². The van der Waals surface area contributed by atoms with E-state index in [1.165, 1.54) is 24.1 Å². The second-order valence-electron chi connectivity index (χ2n) is 5.29. The van der Waals surface area contributed by atoms with Crippen LogP contribution in [-0.2, 0) is 6.54 Å². The van der Waals surface area contributed by atoms with Gasteiger partial charge in [-0.15, -0.1) is 0 Å². The lowest BCUT2D eigenvalue weighted by Gasteiger charge is -2.28. The first-order valence-electron chi connectivity index (χ1n) is 6.31. The number of rotatable bonds is 3. The highest BCUT2D eigenvalue weighted by Crippen LogP contribution is 2.41. The Balaban J connectivity index is 2.33. The standard InChI is InChI=1S/C13H22N2O/c1-9(2)11-5-4-10(3)12-8-15(6-7-16)14-13(11)12/h8-11,16H,4-7H2,1-3H3/t10-,11-/m1/s1. The minimum atomic E-state index is 0.168. The summed E-state index contributed by atoms with van der Waals surface area (Å²) in [5.74, 6) is 1.88. The molecule has 0 fully saturated rings. The van der Waals surface area contributed by atoms with Gasteiger partial charge in [-0.25, -0.2) is 0 Å². The molecule has 0 bridgehead atoms. The number of hydrogen-bond donors (Lipinski definition) is 1. The van der Waals surface area contributed by atoms with Crippen LogP contribution in [0.25, 0.3) is 0 Å². The van der Waals surface area contributed by atoms with Gasteiger partial charge in [0.15, 0.2) is 0 Å². The molecule has 16 heavy (non-hydrogen) atoms. The van der Waals surface area contributed by atoms with E-state index in [1.54, 1.807) is 0 Å². The number of nitrogens with zero attached hydrogens (tertiary/aromatic N) is 2. The average molecular weight is 222 g/mol. The van der Waals surface area contributed by atoms with Crippen molar-refractivity contribution in [1.82, 2.24) is 9.78 Å². The smallest absolute Gasteiger partial charge is 0.0692 e. The summed E-state index contributed by atoms with van der Waals surface area (Å²) in [4.78, 5) is 0. The maximum atomic E-state index is 8.96. The Hall–Kier alpha value is -0.830. The van der Waals surface area contributed by atoms with Crippen molar-refractivity contribution in [3.8, 4) is 0 Å². The quantitative estimate of drug-likeness (QED) is 0.853. The van der Waals surface area contributed by atoms with Crippen LogP contribution in [0.2, 0.25) is 0 Å². The Kier molecular flexibility index (Phi) is 3.33. The van der Waals surface area contributed by atoms with Crippen molar-refractivity contribution in [3.05, 3.63) is 17.5 Å². The van der Waals surface area contributed by atoms with Crippen molar-refractivity contribution in [3.63, 3.8) is 0 Å². The average Bonchev–Trinajstić information content (AvgIpc) is 2.62. The predicted molar refractivity (Wildman–Crippen MR) is 64.5 cm³/mol. The van der Waals surface area contributed by atoms with Gasteiger partial charge in [-0.3, -0.25) is 4.68 Å². The van der Waals surface area contributed by atoms with Gasteiger partial charge in [0.2, 0.25) is 0 Å². The Morgan fingerprint density at radius 2 is 2.25 bits per heavy atom. The van der Waals surface area contributed by atoms with Gasteiger partial charge in [0.25, 0.3) is 0 Å². The molecular formula is C13H22N2O. The first-order chi connectivity index (χ1) is 7.63. The molecule has 0 amide bonds. The van der Waals surface area contributed by atoms with Gasteiger partial charge in [-0.05, 0) is 30.2 Å². The van der Waals surface area contributed by atoms with Gasteiger partial charge >= 0.3 is 0 Å². The lowest BCUT2D eigenvalue weighted by Crippen LogP contribution is -2.16. The van der Waals surface area contributed by atoms with E-state index in [0.29, 0.717) is 24.3 Å². The van der Waals surface area contributed by atoms with Gasteiger partial charge in [0.05, 0.1) is 18.8 Å². The van der Waals surface area contributed by atoms with E-state index in [9.17, 15) is 0 Å². The van der Waals surface area contributed by atoms with Crippen LogP contribution in [0.5, 0.6) is 0 Å². The van der Waals surface area contributed by atoms with Crippen LogP contribution in [0.4, 0.5) is 0 Å². The summed E-state index contributed by atoms with van der Waals surface area (Å²) in [6.07, 6.45) is 4.65. The fourth-order valence-corrected chi connectivity index (χ4v) is 2.71. The van der Waals surface area contributed by atoms with Crippen molar-refractivity contribution in [2.45, 2.75) is 52.0 Å². The number of aliphatic hydroxyl groups excluding tert-OH is 1. The van der Waals surface area contributed by atoms with Gasteiger partial charge in [0, 0.05) is 12.1 Å². The second-order valence-corrected chi connectivity index (χ2v) is 5.29. The lowest BCUT2D eigenvalue weighted by molar-refractivity contribution is 0.268. The molecule has 90 valence electrons. The first-order valence-corrected chi connectivity index (χ1v) is 6.31. The van der Waals surface area contributed by atoms with Gasteiger partial charge in [-0.1, -0.05) is 20.8 Å². The normalized spacial score (nSPS) is 24.8. The van der Waals surface area contributed by atoms with E-state index < -0.39 is 0 Å². The molecule has 1 heterocycles. The van der Waals surface area contributed by atoms with Crippen LogP contribution in [0.3, 0.4) is 0 Å². The first kappa shape index (κ1) is 11.6. The molecule has 0 aliphatic heterocycles. The summed E-state index contributed by atoms with van der Waals surface area (Å²) < 4.78 is 1.90. The summed E-state index contributed by atoms with van der Waals surface area (Å²) in [6, 6.07) is 0. The highest BCUT2D eigenvalue weighted by atomic mass is 16.3.